The largest absolute Gasteiger partial charge is 0.491 e. The molecule has 4 rings (SSSR count). The molecule has 0 saturated heterocycles. The van der Waals surface area contributed by atoms with Gasteiger partial charge in [-0.25, -0.2) is 13.8 Å². The van der Waals surface area contributed by atoms with Gasteiger partial charge in [0.1, 0.15) is 5.65 Å². The molecule has 1 N–H and O–H groups in total. The molecule has 0 saturated carbocycles. The SMILES string of the molecule is COc1c(F)cc(-c2c[nH]c3ncc(-c4ccccc4)cc23)cc1F. The van der Waals surface area contributed by atoms with Crippen molar-refractivity contribution in [2.45, 2.75) is 0 Å². The van der Waals surface area contributed by atoms with E-state index in [1.807, 2.05) is 36.4 Å². The molecule has 0 unspecified atom stereocenters. The summed E-state index contributed by atoms with van der Waals surface area (Å²) < 4.78 is 32.9. The van der Waals surface area contributed by atoms with Crippen LogP contribution in [0.5, 0.6) is 5.75 Å². The number of aromatic nitrogens is 2. The molecule has 0 aliphatic heterocycles. The van der Waals surface area contributed by atoms with Crippen LogP contribution in [0.15, 0.2) is 60.9 Å². The van der Waals surface area contributed by atoms with E-state index in [0.29, 0.717) is 16.8 Å². The van der Waals surface area contributed by atoms with Crippen molar-refractivity contribution in [2.75, 3.05) is 7.11 Å². The van der Waals surface area contributed by atoms with Crippen LogP contribution in [0.1, 0.15) is 0 Å². The average Bonchev–Trinajstić information content (AvgIpc) is 3.05. The molecule has 0 radical (unpaired) electrons. The van der Waals surface area contributed by atoms with Crippen molar-refractivity contribution in [3.05, 3.63) is 72.6 Å². The lowest BCUT2D eigenvalue weighted by Gasteiger charge is -2.07. The number of pyridine rings is 1. The van der Waals surface area contributed by atoms with E-state index < -0.39 is 11.6 Å². The van der Waals surface area contributed by atoms with E-state index in [9.17, 15) is 8.78 Å². The summed E-state index contributed by atoms with van der Waals surface area (Å²) in [6, 6.07) is 14.3. The Kier molecular flexibility index (Phi) is 3.69. The second kappa shape index (κ2) is 6.02. The maximum Gasteiger partial charge on any atom is 0.190 e. The van der Waals surface area contributed by atoms with Crippen LogP contribution in [0, 0.1) is 11.6 Å². The number of aromatic amines is 1. The average molecular weight is 336 g/mol. The Morgan fingerprint density at radius 2 is 1.64 bits per heavy atom. The van der Waals surface area contributed by atoms with E-state index in [4.69, 9.17) is 4.74 Å². The zero-order chi connectivity index (χ0) is 17.4. The van der Waals surface area contributed by atoms with E-state index in [1.165, 1.54) is 19.2 Å². The number of rotatable bonds is 3. The summed E-state index contributed by atoms with van der Waals surface area (Å²) in [5.74, 6) is -1.86. The van der Waals surface area contributed by atoms with Crippen molar-refractivity contribution >= 4 is 11.0 Å². The monoisotopic (exact) mass is 336 g/mol. The minimum atomic E-state index is -0.737. The number of benzene rings is 2. The van der Waals surface area contributed by atoms with Gasteiger partial charge >= 0.3 is 0 Å². The molecule has 0 fully saturated rings. The van der Waals surface area contributed by atoms with Crippen LogP contribution in [0.3, 0.4) is 0 Å². The highest BCUT2D eigenvalue weighted by atomic mass is 19.1. The standard InChI is InChI=1S/C20H14F2N2O/c1-25-19-17(21)8-13(9-18(19)22)16-11-24-20-15(16)7-14(10-23-20)12-5-3-2-4-6-12/h2-11H,1H3,(H,23,24). The molecule has 2 aromatic carbocycles. The maximum atomic E-state index is 14.1. The summed E-state index contributed by atoms with van der Waals surface area (Å²) in [5, 5.41) is 0.797. The molecule has 0 aliphatic rings. The fourth-order valence-corrected chi connectivity index (χ4v) is 2.94. The van der Waals surface area contributed by atoms with E-state index in [-0.39, 0.29) is 5.75 Å². The Morgan fingerprint density at radius 1 is 0.920 bits per heavy atom. The van der Waals surface area contributed by atoms with Gasteiger partial charge in [-0.05, 0) is 29.3 Å². The molecule has 0 aliphatic carbocycles. The molecule has 25 heavy (non-hydrogen) atoms. The second-order valence-corrected chi connectivity index (χ2v) is 5.66. The Hall–Kier alpha value is -3.21. The van der Waals surface area contributed by atoms with Crippen LogP contribution in [0.25, 0.3) is 33.3 Å². The Balaban J connectivity index is 1.88. The topological polar surface area (TPSA) is 37.9 Å². The zero-order valence-electron chi connectivity index (χ0n) is 13.4. The number of methoxy groups -OCH3 is 1. The molecule has 0 atom stereocenters. The van der Waals surface area contributed by atoms with E-state index in [1.54, 1.807) is 12.4 Å². The van der Waals surface area contributed by atoms with Crippen LogP contribution >= 0.6 is 0 Å². The minimum Gasteiger partial charge on any atom is -0.491 e. The predicted molar refractivity (Wildman–Crippen MR) is 93.4 cm³/mol. The van der Waals surface area contributed by atoms with Crippen molar-refractivity contribution in [1.82, 2.24) is 9.97 Å². The first-order valence-electron chi connectivity index (χ1n) is 7.73. The number of H-pyrrole nitrogens is 1. The summed E-state index contributed by atoms with van der Waals surface area (Å²) >= 11 is 0. The first-order chi connectivity index (χ1) is 12.2. The highest BCUT2D eigenvalue weighted by Crippen LogP contribution is 2.34. The highest BCUT2D eigenvalue weighted by Gasteiger charge is 2.15. The Bertz CT molecular complexity index is 1030. The molecule has 4 aromatic rings. The zero-order valence-corrected chi connectivity index (χ0v) is 13.4. The van der Waals surface area contributed by atoms with E-state index in [2.05, 4.69) is 9.97 Å². The lowest BCUT2D eigenvalue weighted by molar-refractivity contribution is 0.360. The number of nitrogens with one attached hydrogen (secondary N) is 1. The van der Waals surface area contributed by atoms with Crippen LogP contribution in [-0.2, 0) is 0 Å². The second-order valence-electron chi connectivity index (χ2n) is 5.66. The third-order valence-electron chi connectivity index (χ3n) is 4.15. The van der Waals surface area contributed by atoms with Gasteiger partial charge in [-0.2, -0.15) is 0 Å². The first kappa shape index (κ1) is 15.3. The number of hydrogen-bond acceptors (Lipinski definition) is 2. The molecule has 0 spiro atoms. The number of ether oxygens (including phenoxy) is 1. The van der Waals surface area contributed by atoms with Crippen LogP contribution < -0.4 is 4.74 Å². The third-order valence-corrected chi connectivity index (χ3v) is 4.15. The lowest BCUT2D eigenvalue weighted by Crippen LogP contribution is -1.93. The number of nitrogens with zero attached hydrogens (tertiary/aromatic N) is 1. The van der Waals surface area contributed by atoms with Gasteiger partial charge in [0.25, 0.3) is 0 Å². The summed E-state index contributed by atoms with van der Waals surface area (Å²) in [6.07, 6.45) is 3.47. The van der Waals surface area contributed by atoms with Gasteiger partial charge in [-0.1, -0.05) is 30.3 Å². The Labute approximate surface area is 142 Å². The molecule has 0 amide bonds. The normalized spacial score (nSPS) is 11.0. The maximum absolute atomic E-state index is 14.1. The lowest BCUT2D eigenvalue weighted by atomic mass is 10.0. The van der Waals surface area contributed by atoms with Crippen molar-refractivity contribution in [3.63, 3.8) is 0 Å². The number of halogens is 2. The molecule has 3 nitrogen and oxygen atoms in total. The third kappa shape index (κ3) is 2.63. The molecule has 2 heterocycles. The molecular weight excluding hydrogens is 322 g/mol. The Morgan fingerprint density at radius 3 is 2.32 bits per heavy atom. The van der Waals surface area contributed by atoms with Crippen molar-refractivity contribution in [1.29, 1.82) is 0 Å². The first-order valence-corrected chi connectivity index (χ1v) is 7.73. The summed E-state index contributed by atoms with van der Waals surface area (Å²) in [6.45, 7) is 0. The summed E-state index contributed by atoms with van der Waals surface area (Å²) in [4.78, 5) is 7.46. The molecule has 0 bridgehead atoms. The van der Waals surface area contributed by atoms with Gasteiger partial charge < -0.3 is 9.72 Å². The quantitative estimate of drug-likeness (QED) is 0.559. The van der Waals surface area contributed by atoms with Gasteiger partial charge in [0.15, 0.2) is 17.4 Å². The van der Waals surface area contributed by atoms with Gasteiger partial charge in [0.2, 0.25) is 0 Å². The smallest absolute Gasteiger partial charge is 0.190 e. The van der Waals surface area contributed by atoms with E-state index >= 15 is 0 Å². The fraction of sp³-hybridized carbons (Fsp3) is 0.0500. The van der Waals surface area contributed by atoms with Crippen molar-refractivity contribution in [3.8, 4) is 28.0 Å². The molecular formula is C20H14F2N2O. The van der Waals surface area contributed by atoms with Crippen LogP contribution in [-0.4, -0.2) is 17.1 Å². The predicted octanol–water partition coefficient (Wildman–Crippen LogP) is 5.18. The van der Waals surface area contributed by atoms with Crippen molar-refractivity contribution in [2.24, 2.45) is 0 Å². The van der Waals surface area contributed by atoms with Gasteiger partial charge in [0, 0.05) is 28.9 Å². The fourth-order valence-electron chi connectivity index (χ4n) is 2.94. The van der Waals surface area contributed by atoms with Crippen LogP contribution in [0.2, 0.25) is 0 Å². The highest BCUT2D eigenvalue weighted by molar-refractivity contribution is 5.95. The van der Waals surface area contributed by atoms with Gasteiger partial charge in [0.05, 0.1) is 7.11 Å². The molecule has 124 valence electrons. The van der Waals surface area contributed by atoms with E-state index in [0.717, 1.165) is 16.5 Å². The summed E-state index contributed by atoms with van der Waals surface area (Å²) in [5.41, 5.74) is 3.72. The number of fused-ring (bicyclic) bond motifs is 1. The van der Waals surface area contributed by atoms with Crippen molar-refractivity contribution < 1.29 is 13.5 Å². The van der Waals surface area contributed by atoms with Gasteiger partial charge in [-0.15, -0.1) is 0 Å². The number of hydrogen-bond donors (Lipinski definition) is 1. The minimum absolute atomic E-state index is 0.383. The van der Waals surface area contributed by atoms with Crippen LogP contribution in [0.4, 0.5) is 8.78 Å². The summed E-state index contributed by atoms with van der Waals surface area (Å²) in [7, 11) is 1.24. The molecule has 5 heteroatoms. The van der Waals surface area contributed by atoms with Gasteiger partial charge in [-0.3, -0.25) is 0 Å². The molecule has 2 aromatic heterocycles.